The quantitative estimate of drug-likeness (QED) is 0.660. The van der Waals surface area contributed by atoms with Crippen molar-refractivity contribution in [2.45, 2.75) is 51.9 Å². The lowest BCUT2D eigenvalue weighted by Gasteiger charge is -2.27. The summed E-state index contributed by atoms with van der Waals surface area (Å²) in [5, 5.41) is 11.9. The molecule has 0 amide bonds. The van der Waals surface area contributed by atoms with Gasteiger partial charge in [-0.2, -0.15) is 5.26 Å². The molecule has 14 heavy (non-hydrogen) atoms. The standard InChI is InChI=1S/C12H22N2/c1-2-12(7-3-4-8-12)11-14-10-6-5-9-13/h14H,2-8,10-11H2,1H3. The van der Waals surface area contributed by atoms with Crippen molar-refractivity contribution in [1.29, 1.82) is 5.26 Å². The molecule has 2 nitrogen and oxygen atoms in total. The summed E-state index contributed by atoms with van der Waals surface area (Å²) >= 11 is 0. The Balaban J connectivity index is 2.12. The van der Waals surface area contributed by atoms with Gasteiger partial charge >= 0.3 is 0 Å². The van der Waals surface area contributed by atoms with Crippen LogP contribution in [0.15, 0.2) is 0 Å². The van der Waals surface area contributed by atoms with Gasteiger partial charge in [-0.1, -0.05) is 19.8 Å². The topological polar surface area (TPSA) is 35.8 Å². The van der Waals surface area contributed by atoms with Crippen LogP contribution in [-0.4, -0.2) is 13.1 Å². The Morgan fingerprint density at radius 1 is 1.36 bits per heavy atom. The molecule has 0 aromatic heterocycles. The summed E-state index contributed by atoms with van der Waals surface area (Å²) in [5.41, 5.74) is 0.590. The summed E-state index contributed by atoms with van der Waals surface area (Å²) in [6.45, 7) is 4.48. The number of unbranched alkanes of at least 4 members (excludes halogenated alkanes) is 1. The van der Waals surface area contributed by atoms with E-state index in [1.807, 2.05) is 0 Å². The monoisotopic (exact) mass is 194 g/mol. The smallest absolute Gasteiger partial charge is 0.0622 e. The molecule has 0 radical (unpaired) electrons. The molecule has 0 bridgehead atoms. The van der Waals surface area contributed by atoms with Crippen molar-refractivity contribution >= 4 is 0 Å². The first-order valence-corrected chi connectivity index (χ1v) is 5.91. The Morgan fingerprint density at radius 2 is 2.07 bits per heavy atom. The number of rotatable bonds is 6. The number of hydrogen-bond donors (Lipinski definition) is 1. The molecule has 0 spiro atoms. The molecule has 0 aromatic rings. The van der Waals surface area contributed by atoms with Gasteiger partial charge in [-0.25, -0.2) is 0 Å². The highest BCUT2D eigenvalue weighted by molar-refractivity contribution is 4.85. The molecule has 2 heteroatoms. The molecule has 0 heterocycles. The van der Waals surface area contributed by atoms with Crippen molar-refractivity contribution in [2.24, 2.45) is 5.41 Å². The number of nitrogens with one attached hydrogen (secondary N) is 1. The van der Waals surface area contributed by atoms with Crippen molar-refractivity contribution in [2.75, 3.05) is 13.1 Å². The van der Waals surface area contributed by atoms with Gasteiger partial charge in [0.15, 0.2) is 0 Å². The van der Waals surface area contributed by atoms with E-state index >= 15 is 0 Å². The molecule has 0 atom stereocenters. The molecule has 1 rings (SSSR count). The van der Waals surface area contributed by atoms with Crippen LogP contribution in [0.25, 0.3) is 0 Å². The predicted octanol–water partition coefficient (Wildman–Crippen LogP) is 2.85. The zero-order valence-corrected chi connectivity index (χ0v) is 9.31. The van der Waals surface area contributed by atoms with Crippen molar-refractivity contribution < 1.29 is 0 Å². The summed E-state index contributed by atoms with van der Waals surface area (Å²) < 4.78 is 0. The van der Waals surface area contributed by atoms with Gasteiger partial charge in [-0.05, 0) is 37.6 Å². The molecule has 80 valence electrons. The number of hydrogen-bond acceptors (Lipinski definition) is 2. The van der Waals surface area contributed by atoms with Crippen LogP contribution in [0.3, 0.4) is 0 Å². The van der Waals surface area contributed by atoms with Crippen molar-refractivity contribution in [1.82, 2.24) is 5.32 Å². The Morgan fingerprint density at radius 3 is 2.64 bits per heavy atom. The lowest BCUT2D eigenvalue weighted by molar-refractivity contribution is 0.269. The minimum Gasteiger partial charge on any atom is -0.316 e. The fraction of sp³-hybridized carbons (Fsp3) is 0.917. The van der Waals surface area contributed by atoms with E-state index in [-0.39, 0.29) is 0 Å². The first-order chi connectivity index (χ1) is 6.83. The van der Waals surface area contributed by atoms with Gasteiger partial charge in [-0.3, -0.25) is 0 Å². The van der Waals surface area contributed by atoms with Crippen LogP contribution >= 0.6 is 0 Å². The summed E-state index contributed by atoms with van der Waals surface area (Å²) in [4.78, 5) is 0. The summed E-state index contributed by atoms with van der Waals surface area (Å²) in [5.74, 6) is 0. The third-order valence-corrected chi connectivity index (χ3v) is 3.56. The third-order valence-electron chi connectivity index (χ3n) is 3.56. The average molecular weight is 194 g/mol. The molecule has 1 N–H and O–H groups in total. The second-order valence-electron chi connectivity index (χ2n) is 4.50. The first-order valence-electron chi connectivity index (χ1n) is 5.91. The van der Waals surface area contributed by atoms with E-state index in [9.17, 15) is 0 Å². The third kappa shape index (κ3) is 3.31. The van der Waals surface area contributed by atoms with Gasteiger partial charge in [0.05, 0.1) is 6.07 Å². The minimum absolute atomic E-state index is 0.590. The van der Waals surface area contributed by atoms with Gasteiger partial charge < -0.3 is 5.32 Å². The molecular weight excluding hydrogens is 172 g/mol. The molecule has 0 unspecified atom stereocenters. The van der Waals surface area contributed by atoms with E-state index < -0.39 is 0 Å². The Bertz CT molecular complexity index is 187. The summed E-state index contributed by atoms with van der Waals surface area (Å²) in [6, 6.07) is 2.18. The van der Waals surface area contributed by atoms with Gasteiger partial charge in [0.2, 0.25) is 0 Å². The SMILES string of the molecule is CCC1(CNCCCC#N)CCCC1. The highest BCUT2D eigenvalue weighted by Crippen LogP contribution is 2.40. The molecule has 1 saturated carbocycles. The molecular formula is C12H22N2. The van der Waals surface area contributed by atoms with Crippen LogP contribution in [0.2, 0.25) is 0 Å². The zero-order valence-electron chi connectivity index (χ0n) is 9.31. The molecule has 0 aliphatic heterocycles. The van der Waals surface area contributed by atoms with E-state index in [0.29, 0.717) is 11.8 Å². The molecule has 1 aliphatic carbocycles. The Hall–Kier alpha value is -0.550. The largest absolute Gasteiger partial charge is 0.316 e. The predicted molar refractivity (Wildman–Crippen MR) is 58.9 cm³/mol. The second kappa shape index (κ2) is 6.03. The summed E-state index contributed by atoms with van der Waals surface area (Å²) in [6.07, 6.45) is 8.60. The van der Waals surface area contributed by atoms with Gasteiger partial charge in [0.25, 0.3) is 0 Å². The normalized spacial score (nSPS) is 19.4. The average Bonchev–Trinajstić information content (AvgIpc) is 2.67. The molecule has 1 aliphatic rings. The van der Waals surface area contributed by atoms with Crippen molar-refractivity contribution in [3.05, 3.63) is 0 Å². The zero-order chi connectivity index (χ0) is 10.3. The number of nitriles is 1. The molecule has 0 aromatic carbocycles. The van der Waals surface area contributed by atoms with Gasteiger partial charge in [-0.15, -0.1) is 0 Å². The van der Waals surface area contributed by atoms with Crippen LogP contribution in [-0.2, 0) is 0 Å². The van der Waals surface area contributed by atoms with Crippen molar-refractivity contribution in [3.8, 4) is 6.07 Å². The Kier molecular flexibility index (Phi) is 4.97. The van der Waals surface area contributed by atoms with E-state index in [0.717, 1.165) is 19.5 Å². The minimum atomic E-state index is 0.590. The maximum Gasteiger partial charge on any atom is 0.0622 e. The van der Waals surface area contributed by atoms with Crippen molar-refractivity contribution in [3.63, 3.8) is 0 Å². The molecule has 0 saturated heterocycles. The van der Waals surface area contributed by atoms with Crippen LogP contribution in [0.5, 0.6) is 0 Å². The summed E-state index contributed by atoms with van der Waals surface area (Å²) in [7, 11) is 0. The second-order valence-corrected chi connectivity index (χ2v) is 4.50. The van der Waals surface area contributed by atoms with Gasteiger partial charge in [0.1, 0.15) is 0 Å². The van der Waals surface area contributed by atoms with E-state index in [1.54, 1.807) is 0 Å². The van der Waals surface area contributed by atoms with Crippen LogP contribution in [0.4, 0.5) is 0 Å². The maximum absolute atomic E-state index is 8.40. The Labute approximate surface area is 87.7 Å². The maximum atomic E-state index is 8.40. The fourth-order valence-electron chi connectivity index (χ4n) is 2.43. The van der Waals surface area contributed by atoms with E-state index in [1.165, 1.54) is 32.1 Å². The first kappa shape index (κ1) is 11.5. The number of nitrogens with zero attached hydrogens (tertiary/aromatic N) is 1. The lowest BCUT2D eigenvalue weighted by Crippen LogP contribution is -2.32. The fourth-order valence-corrected chi connectivity index (χ4v) is 2.43. The van der Waals surface area contributed by atoms with E-state index in [2.05, 4.69) is 18.3 Å². The van der Waals surface area contributed by atoms with Crippen LogP contribution in [0, 0.1) is 16.7 Å². The highest BCUT2D eigenvalue weighted by Gasteiger charge is 2.31. The van der Waals surface area contributed by atoms with Crippen LogP contribution in [0.1, 0.15) is 51.9 Å². The van der Waals surface area contributed by atoms with E-state index in [4.69, 9.17) is 5.26 Å². The molecule has 1 fully saturated rings. The van der Waals surface area contributed by atoms with Crippen LogP contribution < -0.4 is 5.32 Å². The highest BCUT2D eigenvalue weighted by atomic mass is 14.9. The van der Waals surface area contributed by atoms with Gasteiger partial charge in [0, 0.05) is 13.0 Å². The lowest BCUT2D eigenvalue weighted by atomic mass is 9.83.